The molecule has 0 unspecified atom stereocenters. The van der Waals surface area contributed by atoms with Gasteiger partial charge < -0.3 is 10.1 Å². The third-order valence-corrected chi connectivity index (χ3v) is 4.89. The molecule has 4 heteroatoms. The molecule has 1 fully saturated rings. The van der Waals surface area contributed by atoms with Crippen LogP contribution in [0.1, 0.15) is 36.1 Å². The lowest BCUT2D eigenvalue weighted by Crippen LogP contribution is -2.36. The molecule has 2 aromatic rings. The SMILES string of the molecule is Fc1ccc([C@@H]2Nc3ccc(Cl)cc3[C@@H]3OCCC[C@@H]23)cc1. The Hall–Kier alpha value is -1.58. The van der Waals surface area contributed by atoms with E-state index in [1.54, 1.807) is 0 Å². The minimum atomic E-state index is -0.205. The van der Waals surface area contributed by atoms with Gasteiger partial charge in [0.05, 0.1) is 12.1 Å². The lowest BCUT2D eigenvalue weighted by molar-refractivity contribution is -0.0381. The van der Waals surface area contributed by atoms with Gasteiger partial charge in [-0.25, -0.2) is 4.39 Å². The van der Waals surface area contributed by atoms with E-state index in [-0.39, 0.29) is 18.0 Å². The zero-order valence-corrected chi connectivity index (χ0v) is 12.8. The van der Waals surface area contributed by atoms with Crippen molar-refractivity contribution in [2.24, 2.45) is 5.92 Å². The second kappa shape index (κ2) is 5.56. The lowest BCUT2D eigenvalue weighted by Gasteiger charge is -2.43. The van der Waals surface area contributed by atoms with Crippen LogP contribution in [-0.2, 0) is 4.74 Å². The molecule has 3 atom stereocenters. The molecule has 2 heterocycles. The highest BCUT2D eigenvalue weighted by atomic mass is 35.5. The van der Waals surface area contributed by atoms with Crippen molar-refractivity contribution in [2.75, 3.05) is 11.9 Å². The van der Waals surface area contributed by atoms with Gasteiger partial charge in [0.2, 0.25) is 0 Å². The van der Waals surface area contributed by atoms with Crippen molar-refractivity contribution in [1.82, 2.24) is 0 Å². The minimum absolute atomic E-state index is 0.0544. The zero-order chi connectivity index (χ0) is 15.1. The molecule has 22 heavy (non-hydrogen) atoms. The van der Waals surface area contributed by atoms with Gasteiger partial charge in [0.1, 0.15) is 5.82 Å². The molecule has 2 aliphatic rings. The van der Waals surface area contributed by atoms with Crippen molar-refractivity contribution in [3.63, 3.8) is 0 Å². The number of nitrogens with one attached hydrogen (secondary N) is 1. The Balaban J connectivity index is 1.77. The summed E-state index contributed by atoms with van der Waals surface area (Å²) >= 11 is 6.15. The maximum absolute atomic E-state index is 13.2. The molecule has 114 valence electrons. The highest BCUT2D eigenvalue weighted by molar-refractivity contribution is 6.30. The molecule has 0 amide bonds. The Morgan fingerprint density at radius 3 is 2.77 bits per heavy atom. The average molecular weight is 318 g/mol. The van der Waals surface area contributed by atoms with E-state index in [1.165, 1.54) is 12.1 Å². The maximum atomic E-state index is 13.2. The van der Waals surface area contributed by atoms with Crippen molar-refractivity contribution in [2.45, 2.75) is 25.0 Å². The smallest absolute Gasteiger partial charge is 0.123 e. The highest BCUT2D eigenvalue weighted by Gasteiger charge is 2.39. The number of rotatable bonds is 1. The molecule has 2 aliphatic heterocycles. The van der Waals surface area contributed by atoms with E-state index in [1.807, 2.05) is 30.3 Å². The Morgan fingerprint density at radius 1 is 1.14 bits per heavy atom. The van der Waals surface area contributed by atoms with Gasteiger partial charge in [0.15, 0.2) is 0 Å². The molecule has 1 N–H and O–H groups in total. The van der Waals surface area contributed by atoms with E-state index < -0.39 is 0 Å². The number of hydrogen-bond acceptors (Lipinski definition) is 2. The van der Waals surface area contributed by atoms with Crippen LogP contribution < -0.4 is 5.32 Å². The van der Waals surface area contributed by atoms with Crippen LogP contribution in [0.15, 0.2) is 42.5 Å². The monoisotopic (exact) mass is 317 g/mol. The molecule has 0 saturated carbocycles. The van der Waals surface area contributed by atoms with Gasteiger partial charge in [-0.05, 0) is 48.7 Å². The van der Waals surface area contributed by atoms with Crippen LogP contribution >= 0.6 is 11.6 Å². The summed E-state index contributed by atoms with van der Waals surface area (Å²) in [7, 11) is 0. The summed E-state index contributed by atoms with van der Waals surface area (Å²) in [5.41, 5.74) is 3.29. The van der Waals surface area contributed by atoms with E-state index in [0.29, 0.717) is 5.92 Å². The third-order valence-electron chi connectivity index (χ3n) is 4.66. The van der Waals surface area contributed by atoms with Crippen LogP contribution in [0.2, 0.25) is 5.02 Å². The Kier molecular flexibility index (Phi) is 3.55. The quantitative estimate of drug-likeness (QED) is 0.788. The van der Waals surface area contributed by atoms with Crippen LogP contribution in [0.25, 0.3) is 0 Å². The molecule has 2 nitrogen and oxygen atoms in total. The largest absolute Gasteiger partial charge is 0.378 e. The first-order valence-corrected chi connectivity index (χ1v) is 8.03. The first-order valence-electron chi connectivity index (χ1n) is 7.65. The Bertz CT molecular complexity index is 688. The maximum Gasteiger partial charge on any atom is 0.123 e. The van der Waals surface area contributed by atoms with E-state index in [2.05, 4.69) is 5.32 Å². The third kappa shape index (κ3) is 2.38. The molecular formula is C18H17ClFNO. The molecule has 0 spiro atoms. The molecule has 0 bridgehead atoms. The normalized spacial score (nSPS) is 26.7. The standard InChI is InChI=1S/C18H17ClFNO/c19-12-5-8-16-15(10-12)18-14(2-1-9-22-18)17(21-16)11-3-6-13(20)7-4-11/h3-8,10,14,17-18,21H,1-2,9H2/t14-,17-,18+/m0/s1. The van der Waals surface area contributed by atoms with Crippen molar-refractivity contribution in [1.29, 1.82) is 0 Å². The fraction of sp³-hybridized carbons (Fsp3) is 0.333. The Labute approximate surface area is 134 Å². The van der Waals surface area contributed by atoms with Gasteiger partial charge in [-0.3, -0.25) is 0 Å². The van der Waals surface area contributed by atoms with Crippen LogP contribution in [-0.4, -0.2) is 6.61 Å². The predicted octanol–water partition coefficient (Wildman–Crippen LogP) is 5.11. The van der Waals surface area contributed by atoms with Gasteiger partial charge in [0.25, 0.3) is 0 Å². The fourth-order valence-corrected chi connectivity index (χ4v) is 3.82. The van der Waals surface area contributed by atoms with E-state index in [0.717, 1.165) is 41.3 Å². The molecule has 4 rings (SSSR count). The molecule has 0 aromatic heterocycles. The Morgan fingerprint density at radius 2 is 1.95 bits per heavy atom. The number of anilines is 1. The highest BCUT2D eigenvalue weighted by Crippen LogP contribution is 2.49. The number of hydrogen-bond donors (Lipinski definition) is 1. The zero-order valence-electron chi connectivity index (χ0n) is 12.1. The van der Waals surface area contributed by atoms with Crippen LogP contribution in [0, 0.1) is 11.7 Å². The number of fused-ring (bicyclic) bond motifs is 3. The predicted molar refractivity (Wildman–Crippen MR) is 85.6 cm³/mol. The minimum Gasteiger partial charge on any atom is -0.378 e. The number of ether oxygens (including phenoxy) is 1. The van der Waals surface area contributed by atoms with Crippen LogP contribution in [0.3, 0.4) is 0 Å². The van der Waals surface area contributed by atoms with Gasteiger partial charge in [-0.2, -0.15) is 0 Å². The average Bonchev–Trinajstić information content (AvgIpc) is 2.55. The topological polar surface area (TPSA) is 21.3 Å². The summed E-state index contributed by atoms with van der Waals surface area (Å²) in [6.07, 6.45) is 2.20. The second-order valence-corrected chi connectivity index (χ2v) is 6.44. The van der Waals surface area contributed by atoms with Gasteiger partial charge >= 0.3 is 0 Å². The lowest BCUT2D eigenvalue weighted by atomic mass is 9.77. The molecule has 1 saturated heterocycles. The summed E-state index contributed by atoms with van der Waals surface area (Å²) in [5.74, 6) is 0.133. The summed E-state index contributed by atoms with van der Waals surface area (Å²) in [5, 5.41) is 4.33. The molecule has 2 aromatic carbocycles. The summed E-state index contributed by atoms with van der Waals surface area (Å²) in [6.45, 7) is 0.781. The molecule has 0 aliphatic carbocycles. The van der Waals surface area contributed by atoms with Crippen LogP contribution in [0.5, 0.6) is 0 Å². The summed E-state index contributed by atoms with van der Waals surface area (Å²) in [4.78, 5) is 0. The van der Waals surface area contributed by atoms with Crippen molar-refractivity contribution in [3.05, 3.63) is 64.4 Å². The molecule has 0 radical (unpaired) electrons. The first-order chi connectivity index (χ1) is 10.7. The van der Waals surface area contributed by atoms with Gasteiger partial charge in [-0.1, -0.05) is 23.7 Å². The summed E-state index contributed by atoms with van der Waals surface area (Å²) < 4.78 is 19.3. The van der Waals surface area contributed by atoms with E-state index >= 15 is 0 Å². The second-order valence-electron chi connectivity index (χ2n) is 6.00. The van der Waals surface area contributed by atoms with Crippen molar-refractivity contribution in [3.8, 4) is 0 Å². The molecular weight excluding hydrogens is 301 g/mol. The van der Waals surface area contributed by atoms with Gasteiger partial charge in [0, 0.05) is 28.8 Å². The van der Waals surface area contributed by atoms with Gasteiger partial charge in [-0.15, -0.1) is 0 Å². The van der Waals surface area contributed by atoms with E-state index in [9.17, 15) is 4.39 Å². The fourth-order valence-electron chi connectivity index (χ4n) is 3.64. The number of benzene rings is 2. The first kappa shape index (κ1) is 14.0. The number of halogens is 2. The van der Waals surface area contributed by atoms with Crippen molar-refractivity contribution < 1.29 is 9.13 Å². The van der Waals surface area contributed by atoms with Crippen LogP contribution in [0.4, 0.5) is 10.1 Å². The van der Waals surface area contributed by atoms with E-state index in [4.69, 9.17) is 16.3 Å². The van der Waals surface area contributed by atoms with Crippen molar-refractivity contribution >= 4 is 17.3 Å². The summed E-state index contributed by atoms with van der Waals surface area (Å²) in [6, 6.07) is 12.8.